The van der Waals surface area contributed by atoms with Gasteiger partial charge in [0.05, 0.1) is 11.4 Å². The number of hydrogen-bond donors (Lipinski definition) is 2. The number of carbonyl (C=O) groups is 2. The number of nitrogens with one attached hydrogen (secondary N) is 1. The Hall–Kier alpha value is -1.50. The van der Waals surface area contributed by atoms with Crippen LogP contribution >= 0.6 is 11.8 Å². The van der Waals surface area contributed by atoms with Gasteiger partial charge < -0.3 is 14.8 Å². The SMILES string of the molecule is Cc1nc(C2CC2)oc1C(=O)NCCSCC(=O)O. The molecule has 0 aromatic carbocycles. The van der Waals surface area contributed by atoms with Gasteiger partial charge in [0.25, 0.3) is 5.91 Å². The lowest BCUT2D eigenvalue weighted by Gasteiger charge is -2.02. The second kappa shape index (κ2) is 6.10. The predicted molar refractivity (Wildman–Crippen MR) is 70.5 cm³/mol. The topological polar surface area (TPSA) is 92.4 Å². The first kappa shape index (κ1) is 13.9. The lowest BCUT2D eigenvalue weighted by molar-refractivity contribution is -0.133. The van der Waals surface area contributed by atoms with Crippen LogP contribution < -0.4 is 5.32 Å². The Bertz CT molecular complexity index is 482. The van der Waals surface area contributed by atoms with E-state index >= 15 is 0 Å². The van der Waals surface area contributed by atoms with Crippen molar-refractivity contribution in [1.82, 2.24) is 10.3 Å². The Morgan fingerprint density at radius 1 is 1.53 bits per heavy atom. The molecule has 2 N–H and O–H groups in total. The van der Waals surface area contributed by atoms with Gasteiger partial charge in [-0.1, -0.05) is 0 Å². The molecule has 0 atom stereocenters. The van der Waals surface area contributed by atoms with Gasteiger partial charge in [-0.2, -0.15) is 0 Å². The number of carbonyl (C=O) groups excluding carboxylic acids is 1. The fourth-order valence-electron chi connectivity index (χ4n) is 1.61. The molecule has 1 amide bonds. The molecule has 1 aliphatic rings. The van der Waals surface area contributed by atoms with Crippen LogP contribution in [0.5, 0.6) is 0 Å². The first-order valence-corrected chi connectivity index (χ1v) is 7.28. The zero-order valence-electron chi connectivity index (χ0n) is 10.6. The molecule has 6 nitrogen and oxygen atoms in total. The van der Waals surface area contributed by atoms with E-state index in [1.807, 2.05) is 0 Å². The highest BCUT2D eigenvalue weighted by atomic mass is 32.2. The molecule has 1 heterocycles. The maximum absolute atomic E-state index is 11.8. The molecule has 2 rings (SSSR count). The minimum absolute atomic E-state index is 0.0447. The molecule has 7 heteroatoms. The molecule has 1 fully saturated rings. The van der Waals surface area contributed by atoms with Gasteiger partial charge in [0.1, 0.15) is 0 Å². The van der Waals surface area contributed by atoms with Crippen LogP contribution in [0.1, 0.15) is 40.9 Å². The van der Waals surface area contributed by atoms with E-state index in [9.17, 15) is 9.59 Å². The van der Waals surface area contributed by atoms with E-state index in [4.69, 9.17) is 9.52 Å². The van der Waals surface area contributed by atoms with Gasteiger partial charge in [0.15, 0.2) is 5.89 Å². The Morgan fingerprint density at radius 2 is 2.26 bits per heavy atom. The quantitative estimate of drug-likeness (QED) is 0.735. The van der Waals surface area contributed by atoms with Crippen molar-refractivity contribution >= 4 is 23.6 Å². The van der Waals surface area contributed by atoms with Crippen molar-refractivity contribution in [3.05, 3.63) is 17.3 Å². The van der Waals surface area contributed by atoms with Gasteiger partial charge in [0.2, 0.25) is 5.76 Å². The molecule has 1 saturated carbocycles. The van der Waals surface area contributed by atoms with Crippen LogP contribution in [0.15, 0.2) is 4.42 Å². The highest BCUT2D eigenvalue weighted by Gasteiger charge is 2.30. The third kappa shape index (κ3) is 3.99. The summed E-state index contributed by atoms with van der Waals surface area (Å²) in [7, 11) is 0. The largest absolute Gasteiger partial charge is 0.481 e. The fraction of sp³-hybridized carbons (Fsp3) is 0.583. The third-order valence-corrected chi connectivity index (χ3v) is 3.65. The molecule has 0 aliphatic heterocycles. The summed E-state index contributed by atoms with van der Waals surface area (Å²) < 4.78 is 5.47. The first-order valence-electron chi connectivity index (χ1n) is 6.13. The maximum atomic E-state index is 11.8. The van der Waals surface area contributed by atoms with E-state index in [1.54, 1.807) is 6.92 Å². The summed E-state index contributed by atoms with van der Waals surface area (Å²) in [6.45, 7) is 2.17. The number of oxazole rings is 1. The van der Waals surface area contributed by atoms with Crippen molar-refractivity contribution in [3.63, 3.8) is 0 Å². The van der Waals surface area contributed by atoms with Crippen LogP contribution in [-0.2, 0) is 4.79 Å². The van der Waals surface area contributed by atoms with E-state index in [2.05, 4.69) is 10.3 Å². The third-order valence-electron chi connectivity index (χ3n) is 2.70. The molecule has 0 spiro atoms. The Labute approximate surface area is 115 Å². The summed E-state index contributed by atoms with van der Waals surface area (Å²) in [5.41, 5.74) is 0.609. The minimum Gasteiger partial charge on any atom is -0.481 e. The monoisotopic (exact) mass is 284 g/mol. The molecule has 0 saturated heterocycles. The van der Waals surface area contributed by atoms with Crippen LogP contribution in [0.2, 0.25) is 0 Å². The molecular weight excluding hydrogens is 268 g/mol. The smallest absolute Gasteiger partial charge is 0.313 e. The van der Waals surface area contributed by atoms with Gasteiger partial charge in [0, 0.05) is 18.2 Å². The number of carboxylic acids is 1. The molecular formula is C12H16N2O4S. The molecule has 104 valence electrons. The lowest BCUT2D eigenvalue weighted by Crippen LogP contribution is -2.26. The van der Waals surface area contributed by atoms with Crippen LogP contribution in [-0.4, -0.2) is 40.0 Å². The zero-order chi connectivity index (χ0) is 13.8. The van der Waals surface area contributed by atoms with Gasteiger partial charge in [-0.15, -0.1) is 11.8 Å². The zero-order valence-corrected chi connectivity index (χ0v) is 11.5. The summed E-state index contributed by atoms with van der Waals surface area (Å²) in [4.78, 5) is 26.4. The highest BCUT2D eigenvalue weighted by molar-refractivity contribution is 7.99. The number of carboxylic acid groups (broad SMARTS) is 1. The molecule has 1 aromatic rings. The second-order valence-corrected chi connectivity index (χ2v) is 5.55. The van der Waals surface area contributed by atoms with Crippen LogP contribution in [0.4, 0.5) is 0 Å². The number of aryl methyl sites for hydroxylation is 1. The first-order chi connectivity index (χ1) is 9.08. The van der Waals surface area contributed by atoms with E-state index in [-0.39, 0.29) is 17.4 Å². The number of nitrogens with zero attached hydrogens (tertiary/aromatic N) is 1. The van der Waals surface area contributed by atoms with Crippen molar-refractivity contribution in [2.75, 3.05) is 18.1 Å². The number of amides is 1. The summed E-state index contributed by atoms with van der Waals surface area (Å²) in [5.74, 6) is 0.771. The van der Waals surface area contributed by atoms with Crippen molar-refractivity contribution in [2.45, 2.75) is 25.7 Å². The number of aromatic nitrogens is 1. The molecule has 0 bridgehead atoms. The lowest BCUT2D eigenvalue weighted by atomic mass is 10.3. The van der Waals surface area contributed by atoms with E-state index in [1.165, 1.54) is 11.8 Å². The van der Waals surface area contributed by atoms with Crippen molar-refractivity contribution in [3.8, 4) is 0 Å². The summed E-state index contributed by atoms with van der Waals surface area (Å²) >= 11 is 1.26. The predicted octanol–water partition coefficient (Wildman–Crippen LogP) is 1.41. The van der Waals surface area contributed by atoms with Gasteiger partial charge in [-0.05, 0) is 19.8 Å². The van der Waals surface area contributed by atoms with E-state index in [0.29, 0.717) is 29.8 Å². The molecule has 1 aromatic heterocycles. The van der Waals surface area contributed by atoms with Crippen LogP contribution in [0, 0.1) is 6.92 Å². The summed E-state index contributed by atoms with van der Waals surface area (Å²) in [5, 5.41) is 11.2. The van der Waals surface area contributed by atoms with Crippen LogP contribution in [0.3, 0.4) is 0 Å². The highest BCUT2D eigenvalue weighted by Crippen LogP contribution is 2.39. The molecule has 0 unspecified atom stereocenters. The number of rotatable bonds is 7. The Morgan fingerprint density at radius 3 is 2.89 bits per heavy atom. The van der Waals surface area contributed by atoms with Gasteiger partial charge in [-0.3, -0.25) is 9.59 Å². The minimum atomic E-state index is -0.850. The van der Waals surface area contributed by atoms with E-state index in [0.717, 1.165) is 12.8 Å². The second-order valence-electron chi connectivity index (χ2n) is 4.44. The number of hydrogen-bond acceptors (Lipinski definition) is 5. The average molecular weight is 284 g/mol. The molecule has 19 heavy (non-hydrogen) atoms. The normalized spacial score (nSPS) is 14.4. The number of aliphatic carboxylic acids is 1. The van der Waals surface area contributed by atoms with E-state index < -0.39 is 5.97 Å². The molecule has 1 aliphatic carbocycles. The summed E-state index contributed by atoms with van der Waals surface area (Å²) in [6.07, 6.45) is 2.15. The Kier molecular flexibility index (Phi) is 4.47. The van der Waals surface area contributed by atoms with Crippen molar-refractivity contribution in [2.24, 2.45) is 0 Å². The van der Waals surface area contributed by atoms with Crippen LogP contribution in [0.25, 0.3) is 0 Å². The molecule has 0 radical (unpaired) electrons. The average Bonchev–Trinajstić information content (AvgIpc) is 3.12. The Balaban J connectivity index is 1.77. The van der Waals surface area contributed by atoms with Crippen molar-refractivity contribution < 1.29 is 19.1 Å². The van der Waals surface area contributed by atoms with Crippen molar-refractivity contribution in [1.29, 1.82) is 0 Å². The maximum Gasteiger partial charge on any atom is 0.313 e. The fourth-order valence-corrected chi connectivity index (χ4v) is 2.17. The van der Waals surface area contributed by atoms with Gasteiger partial charge in [-0.25, -0.2) is 4.98 Å². The number of thioether (sulfide) groups is 1. The standard InChI is InChI=1S/C12H16N2O4S/c1-7-10(18-12(14-7)8-2-3-8)11(17)13-4-5-19-6-9(15)16/h8H,2-6H2,1H3,(H,13,17)(H,15,16). The van der Waals surface area contributed by atoms with Gasteiger partial charge >= 0.3 is 5.97 Å². The summed E-state index contributed by atoms with van der Waals surface area (Å²) in [6, 6.07) is 0.